The molecule has 0 fully saturated rings. The minimum absolute atomic E-state index is 0.596. The van der Waals surface area contributed by atoms with Gasteiger partial charge in [0.05, 0.1) is 0 Å². The van der Waals surface area contributed by atoms with Crippen molar-refractivity contribution in [2.45, 2.75) is 13.5 Å². The quantitative estimate of drug-likeness (QED) is 0.789. The van der Waals surface area contributed by atoms with Gasteiger partial charge in [-0.25, -0.2) is 0 Å². The number of halogens is 2. The van der Waals surface area contributed by atoms with Crippen molar-refractivity contribution < 1.29 is 0 Å². The van der Waals surface area contributed by atoms with Crippen LogP contribution in [0, 0.1) is 10.5 Å². The lowest BCUT2D eigenvalue weighted by Gasteiger charge is -2.04. The fraction of sp³-hybridized carbons (Fsp3) is 0.250. The fourth-order valence-corrected chi connectivity index (χ4v) is 2.17. The largest absolute Gasteiger partial charge is 0.326 e. The van der Waals surface area contributed by atoms with E-state index in [1.807, 2.05) is 0 Å². The van der Waals surface area contributed by atoms with Gasteiger partial charge in [0, 0.05) is 14.6 Å². The average Bonchev–Trinajstić information content (AvgIpc) is 1.96. The van der Waals surface area contributed by atoms with Gasteiger partial charge in [-0.3, -0.25) is 0 Å². The van der Waals surface area contributed by atoms with Gasteiger partial charge in [0.2, 0.25) is 0 Å². The molecule has 0 atom stereocenters. The zero-order chi connectivity index (χ0) is 8.43. The lowest BCUT2D eigenvalue weighted by atomic mass is 10.1. The minimum Gasteiger partial charge on any atom is -0.326 e. The summed E-state index contributed by atoms with van der Waals surface area (Å²) >= 11 is 5.78. The summed E-state index contributed by atoms with van der Waals surface area (Å²) in [5.74, 6) is 0. The van der Waals surface area contributed by atoms with Gasteiger partial charge in [-0.1, -0.05) is 6.07 Å². The third kappa shape index (κ3) is 2.16. The van der Waals surface area contributed by atoms with Crippen molar-refractivity contribution in [1.29, 1.82) is 0 Å². The highest BCUT2D eigenvalue weighted by atomic mass is 127. The van der Waals surface area contributed by atoms with Crippen molar-refractivity contribution in [1.82, 2.24) is 0 Å². The molecule has 0 aliphatic rings. The Morgan fingerprint density at radius 1 is 1.55 bits per heavy atom. The van der Waals surface area contributed by atoms with E-state index in [2.05, 4.69) is 57.6 Å². The summed E-state index contributed by atoms with van der Waals surface area (Å²) in [6, 6.07) is 4.23. The molecule has 3 heteroatoms. The summed E-state index contributed by atoms with van der Waals surface area (Å²) in [5, 5.41) is 0. The molecule has 0 saturated carbocycles. The van der Waals surface area contributed by atoms with E-state index in [4.69, 9.17) is 5.73 Å². The molecule has 0 bridgehead atoms. The average molecular weight is 326 g/mol. The number of nitrogens with two attached hydrogens (primary N) is 1. The minimum atomic E-state index is 0.596. The highest BCUT2D eigenvalue weighted by molar-refractivity contribution is 14.1. The van der Waals surface area contributed by atoms with Crippen LogP contribution in [0.4, 0.5) is 0 Å². The molecule has 0 unspecified atom stereocenters. The topological polar surface area (TPSA) is 26.0 Å². The Kier molecular flexibility index (Phi) is 3.33. The Morgan fingerprint density at radius 2 is 2.18 bits per heavy atom. The molecule has 0 radical (unpaired) electrons. The van der Waals surface area contributed by atoms with E-state index in [0.29, 0.717) is 6.54 Å². The van der Waals surface area contributed by atoms with Gasteiger partial charge in [0.1, 0.15) is 0 Å². The van der Waals surface area contributed by atoms with E-state index >= 15 is 0 Å². The van der Waals surface area contributed by atoms with Crippen molar-refractivity contribution in [3.05, 3.63) is 31.3 Å². The monoisotopic (exact) mass is 325 g/mol. The molecule has 2 N–H and O–H groups in total. The van der Waals surface area contributed by atoms with Crippen molar-refractivity contribution >= 4 is 38.5 Å². The standard InChI is InChI=1S/C8H9BrIN/c1-5-2-6(4-11)8(9)7(10)3-5/h2-3H,4,11H2,1H3. The summed E-state index contributed by atoms with van der Waals surface area (Å²) in [6.07, 6.45) is 0. The first-order valence-corrected chi connectivity index (χ1v) is 5.17. The third-order valence-corrected chi connectivity index (χ3v) is 4.00. The van der Waals surface area contributed by atoms with E-state index in [9.17, 15) is 0 Å². The SMILES string of the molecule is Cc1cc(I)c(Br)c(CN)c1. The highest BCUT2D eigenvalue weighted by Crippen LogP contribution is 2.24. The maximum Gasteiger partial charge on any atom is 0.0353 e. The molecule has 0 aliphatic carbocycles. The normalized spacial score (nSPS) is 10.2. The smallest absolute Gasteiger partial charge is 0.0353 e. The zero-order valence-corrected chi connectivity index (χ0v) is 9.94. The number of hydrogen-bond donors (Lipinski definition) is 1. The molecular weight excluding hydrogens is 317 g/mol. The van der Waals surface area contributed by atoms with Crippen molar-refractivity contribution in [3.63, 3.8) is 0 Å². The van der Waals surface area contributed by atoms with Crippen LogP contribution in [0.2, 0.25) is 0 Å². The maximum atomic E-state index is 5.56. The molecule has 0 aliphatic heterocycles. The molecule has 1 aromatic carbocycles. The second-order valence-electron chi connectivity index (χ2n) is 2.42. The number of benzene rings is 1. The maximum absolute atomic E-state index is 5.56. The molecule has 60 valence electrons. The summed E-state index contributed by atoms with van der Waals surface area (Å²) in [4.78, 5) is 0. The van der Waals surface area contributed by atoms with Crippen LogP contribution in [0.3, 0.4) is 0 Å². The number of rotatable bonds is 1. The fourth-order valence-electron chi connectivity index (χ4n) is 0.945. The van der Waals surface area contributed by atoms with Gasteiger partial charge in [-0.15, -0.1) is 0 Å². The van der Waals surface area contributed by atoms with Crippen LogP contribution in [0.15, 0.2) is 16.6 Å². The van der Waals surface area contributed by atoms with Gasteiger partial charge >= 0.3 is 0 Å². The van der Waals surface area contributed by atoms with E-state index in [-0.39, 0.29) is 0 Å². The van der Waals surface area contributed by atoms with E-state index in [0.717, 1.165) is 4.47 Å². The molecule has 1 aromatic rings. The molecular formula is C8H9BrIN. The van der Waals surface area contributed by atoms with Gasteiger partial charge in [0.15, 0.2) is 0 Å². The van der Waals surface area contributed by atoms with Gasteiger partial charge in [-0.05, 0) is 62.6 Å². The summed E-state index contributed by atoms with van der Waals surface area (Å²) in [6.45, 7) is 2.67. The Balaban J connectivity index is 3.24. The van der Waals surface area contributed by atoms with E-state index in [1.54, 1.807) is 0 Å². The van der Waals surface area contributed by atoms with Crippen LogP contribution in [-0.4, -0.2) is 0 Å². The first-order valence-electron chi connectivity index (χ1n) is 3.29. The molecule has 0 spiro atoms. The molecule has 1 rings (SSSR count). The third-order valence-electron chi connectivity index (χ3n) is 1.47. The van der Waals surface area contributed by atoms with Crippen LogP contribution >= 0.6 is 38.5 Å². The molecule has 11 heavy (non-hydrogen) atoms. The molecule has 0 amide bonds. The zero-order valence-electron chi connectivity index (χ0n) is 6.20. The van der Waals surface area contributed by atoms with Crippen molar-refractivity contribution in [2.24, 2.45) is 5.73 Å². The summed E-state index contributed by atoms with van der Waals surface area (Å²) in [7, 11) is 0. The van der Waals surface area contributed by atoms with Gasteiger partial charge in [-0.2, -0.15) is 0 Å². The first-order chi connectivity index (χ1) is 5.15. The molecule has 0 heterocycles. The first kappa shape index (κ1) is 9.48. The Labute approximate surface area is 88.6 Å². The number of aryl methyl sites for hydroxylation is 1. The van der Waals surface area contributed by atoms with Crippen LogP contribution in [-0.2, 0) is 6.54 Å². The Hall–Kier alpha value is 0.390. The van der Waals surface area contributed by atoms with Crippen LogP contribution in [0.25, 0.3) is 0 Å². The summed E-state index contributed by atoms with van der Waals surface area (Å²) in [5.41, 5.74) is 7.99. The van der Waals surface area contributed by atoms with Crippen molar-refractivity contribution in [2.75, 3.05) is 0 Å². The second kappa shape index (κ2) is 3.87. The lowest BCUT2D eigenvalue weighted by Crippen LogP contribution is -1.99. The van der Waals surface area contributed by atoms with Gasteiger partial charge < -0.3 is 5.73 Å². The van der Waals surface area contributed by atoms with E-state index < -0.39 is 0 Å². The Bertz CT molecular complexity index is 273. The predicted molar refractivity (Wildman–Crippen MR) is 59.5 cm³/mol. The Morgan fingerprint density at radius 3 is 2.73 bits per heavy atom. The number of hydrogen-bond acceptors (Lipinski definition) is 1. The molecule has 0 aromatic heterocycles. The van der Waals surface area contributed by atoms with Gasteiger partial charge in [0.25, 0.3) is 0 Å². The van der Waals surface area contributed by atoms with Crippen LogP contribution in [0.5, 0.6) is 0 Å². The van der Waals surface area contributed by atoms with Crippen molar-refractivity contribution in [3.8, 4) is 0 Å². The summed E-state index contributed by atoms with van der Waals surface area (Å²) < 4.78 is 2.36. The highest BCUT2D eigenvalue weighted by Gasteiger charge is 2.02. The molecule has 1 nitrogen and oxygen atoms in total. The van der Waals surface area contributed by atoms with Crippen LogP contribution in [0.1, 0.15) is 11.1 Å². The van der Waals surface area contributed by atoms with Crippen LogP contribution < -0.4 is 5.73 Å². The predicted octanol–water partition coefficient (Wildman–Crippen LogP) is 2.82. The van der Waals surface area contributed by atoms with E-state index in [1.165, 1.54) is 14.7 Å². The second-order valence-corrected chi connectivity index (χ2v) is 4.38. The lowest BCUT2D eigenvalue weighted by molar-refractivity contribution is 1.05. The molecule has 0 saturated heterocycles.